The number of carbonyl (C=O) groups excluding carboxylic acids is 1. The highest BCUT2D eigenvalue weighted by molar-refractivity contribution is 6.31. The largest absolute Gasteiger partial charge is 0.325 e. The van der Waals surface area contributed by atoms with E-state index in [1.807, 2.05) is 6.07 Å². The minimum atomic E-state index is -0.526. The minimum absolute atomic E-state index is 0.0339. The first-order valence-corrected chi connectivity index (χ1v) is 8.98. The van der Waals surface area contributed by atoms with Crippen LogP contribution in [0.4, 0.5) is 14.5 Å². The normalized spacial score (nSPS) is 20.3. The SMILES string of the molecule is CC1(Cc2ccccc2F)CCCN1CC(=O)Nc1ccc(F)c(Cl)c1. The van der Waals surface area contributed by atoms with Gasteiger partial charge in [-0.2, -0.15) is 0 Å². The molecule has 0 saturated carbocycles. The molecule has 1 aliphatic rings. The summed E-state index contributed by atoms with van der Waals surface area (Å²) >= 11 is 5.75. The van der Waals surface area contributed by atoms with Gasteiger partial charge in [0, 0.05) is 11.2 Å². The van der Waals surface area contributed by atoms with Crippen molar-refractivity contribution in [2.45, 2.75) is 31.7 Å². The first-order chi connectivity index (χ1) is 12.4. The van der Waals surface area contributed by atoms with E-state index in [9.17, 15) is 13.6 Å². The zero-order valence-corrected chi connectivity index (χ0v) is 15.3. The van der Waals surface area contributed by atoms with Crippen LogP contribution in [0.25, 0.3) is 0 Å². The number of carbonyl (C=O) groups is 1. The second-order valence-corrected chi connectivity index (χ2v) is 7.37. The predicted octanol–water partition coefficient (Wildman–Crippen LogP) is 4.65. The summed E-state index contributed by atoms with van der Waals surface area (Å²) in [6.45, 7) is 3.04. The molecule has 1 fully saturated rings. The number of likely N-dealkylation sites (tertiary alicyclic amines) is 1. The number of hydrogen-bond donors (Lipinski definition) is 1. The maximum absolute atomic E-state index is 14.0. The molecule has 1 heterocycles. The van der Waals surface area contributed by atoms with Gasteiger partial charge in [-0.25, -0.2) is 8.78 Å². The van der Waals surface area contributed by atoms with E-state index >= 15 is 0 Å². The monoisotopic (exact) mass is 378 g/mol. The van der Waals surface area contributed by atoms with Gasteiger partial charge in [-0.05, 0) is 62.6 Å². The highest BCUT2D eigenvalue weighted by atomic mass is 35.5. The van der Waals surface area contributed by atoms with Crippen LogP contribution in [0, 0.1) is 11.6 Å². The Labute approximate surface area is 157 Å². The Morgan fingerprint density at radius 2 is 2.00 bits per heavy atom. The van der Waals surface area contributed by atoms with Gasteiger partial charge in [0.05, 0.1) is 11.6 Å². The molecule has 3 rings (SSSR count). The molecule has 2 aromatic carbocycles. The molecule has 2 aromatic rings. The van der Waals surface area contributed by atoms with E-state index in [0.29, 0.717) is 17.7 Å². The highest BCUT2D eigenvalue weighted by Gasteiger charge is 2.38. The summed E-state index contributed by atoms with van der Waals surface area (Å²) in [6.07, 6.45) is 2.41. The Morgan fingerprint density at radius 3 is 2.73 bits per heavy atom. The van der Waals surface area contributed by atoms with Gasteiger partial charge in [0.15, 0.2) is 0 Å². The van der Waals surface area contributed by atoms with Gasteiger partial charge in [-0.1, -0.05) is 29.8 Å². The standard InChI is InChI=1S/C20H21ClF2N2O/c1-20(12-14-5-2-3-6-17(14)22)9-4-10-25(20)13-19(26)24-15-7-8-18(23)16(21)11-15/h2-3,5-8,11H,4,9-10,12-13H2,1H3,(H,24,26). The highest BCUT2D eigenvalue weighted by Crippen LogP contribution is 2.32. The number of anilines is 1. The molecular weight excluding hydrogens is 358 g/mol. The quantitative estimate of drug-likeness (QED) is 0.821. The molecule has 1 amide bonds. The molecule has 1 aliphatic heterocycles. The minimum Gasteiger partial charge on any atom is -0.325 e. The second-order valence-electron chi connectivity index (χ2n) is 6.97. The molecule has 6 heteroatoms. The third kappa shape index (κ3) is 4.22. The van der Waals surface area contributed by atoms with E-state index < -0.39 is 5.82 Å². The fourth-order valence-electron chi connectivity index (χ4n) is 3.55. The van der Waals surface area contributed by atoms with Crippen molar-refractivity contribution in [3.05, 3.63) is 64.7 Å². The van der Waals surface area contributed by atoms with Crippen molar-refractivity contribution >= 4 is 23.2 Å². The Bertz CT molecular complexity index is 814. The number of hydrogen-bond acceptors (Lipinski definition) is 2. The number of rotatable bonds is 5. The smallest absolute Gasteiger partial charge is 0.238 e. The van der Waals surface area contributed by atoms with Gasteiger partial charge < -0.3 is 5.32 Å². The third-order valence-electron chi connectivity index (χ3n) is 4.97. The molecule has 1 atom stereocenters. The molecule has 0 bridgehead atoms. The molecule has 1 saturated heterocycles. The number of benzene rings is 2. The zero-order chi connectivity index (χ0) is 18.7. The average molecular weight is 379 g/mol. The van der Waals surface area contributed by atoms with Crippen LogP contribution in [0.2, 0.25) is 5.02 Å². The molecule has 0 spiro atoms. The van der Waals surface area contributed by atoms with Crippen molar-refractivity contribution in [3.63, 3.8) is 0 Å². The van der Waals surface area contributed by atoms with Crippen LogP contribution in [0.15, 0.2) is 42.5 Å². The molecule has 0 aliphatic carbocycles. The van der Waals surface area contributed by atoms with Gasteiger partial charge in [-0.3, -0.25) is 9.69 Å². The van der Waals surface area contributed by atoms with Crippen molar-refractivity contribution < 1.29 is 13.6 Å². The van der Waals surface area contributed by atoms with Crippen molar-refractivity contribution in [2.75, 3.05) is 18.4 Å². The van der Waals surface area contributed by atoms with Gasteiger partial charge in [0.25, 0.3) is 0 Å². The second kappa shape index (κ2) is 7.72. The lowest BCUT2D eigenvalue weighted by Crippen LogP contribution is -2.46. The van der Waals surface area contributed by atoms with Crippen LogP contribution in [0.3, 0.4) is 0 Å². The molecule has 1 unspecified atom stereocenters. The van der Waals surface area contributed by atoms with E-state index in [4.69, 9.17) is 11.6 Å². The molecule has 0 aromatic heterocycles. The van der Waals surface area contributed by atoms with Crippen LogP contribution >= 0.6 is 11.6 Å². The van der Waals surface area contributed by atoms with E-state index in [0.717, 1.165) is 19.4 Å². The summed E-state index contributed by atoms with van der Waals surface area (Å²) in [6, 6.07) is 10.8. The maximum atomic E-state index is 14.0. The van der Waals surface area contributed by atoms with Crippen molar-refractivity contribution in [2.24, 2.45) is 0 Å². The molecule has 1 N–H and O–H groups in total. The molecule has 0 radical (unpaired) electrons. The Morgan fingerprint density at radius 1 is 1.23 bits per heavy atom. The van der Waals surface area contributed by atoms with Gasteiger partial charge in [0.1, 0.15) is 11.6 Å². The van der Waals surface area contributed by atoms with E-state index in [1.54, 1.807) is 12.1 Å². The van der Waals surface area contributed by atoms with Crippen molar-refractivity contribution in [1.82, 2.24) is 4.90 Å². The molecule has 26 heavy (non-hydrogen) atoms. The summed E-state index contributed by atoms with van der Waals surface area (Å²) in [5, 5.41) is 2.71. The number of nitrogens with zero attached hydrogens (tertiary/aromatic N) is 1. The topological polar surface area (TPSA) is 32.3 Å². The lowest BCUT2D eigenvalue weighted by Gasteiger charge is -2.35. The summed E-state index contributed by atoms with van der Waals surface area (Å²) in [5.74, 6) is -0.943. The van der Waals surface area contributed by atoms with Gasteiger partial charge in [-0.15, -0.1) is 0 Å². The molecule has 3 nitrogen and oxygen atoms in total. The third-order valence-corrected chi connectivity index (χ3v) is 5.26. The Hall–Kier alpha value is -1.98. The summed E-state index contributed by atoms with van der Waals surface area (Å²) in [5.41, 5.74) is 0.837. The van der Waals surface area contributed by atoms with Crippen LogP contribution in [-0.2, 0) is 11.2 Å². The van der Waals surface area contributed by atoms with Crippen LogP contribution in [0.5, 0.6) is 0 Å². The Balaban J connectivity index is 1.66. The van der Waals surface area contributed by atoms with Crippen molar-refractivity contribution in [1.29, 1.82) is 0 Å². The van der Waals surface area contributed by atoms with E-state index in [-0.39, 0.29) is 28.8 Å². The first kappa shape index (κ1) is 18.8. The summed E-state index contributed by atoms with van der Waals surface area (Å²) in [4.78, 5) is 14.5. The number of halogens is 3. The van der Waals surface area contributed by atoms with Gasteiger partial charge in [0.2, 0.25) is 5.91 Å². The number of amides is 1. The first-order valence-electron chi connectivity index (χ1n) is 8.61. The van der Waals surface area contributed by atoms with E-state index in [1.165, 1.54) is 24.3 Å². The van der Waals surface area contributed by atoms with Crippen LogP contribution in [0.1, 0.15) is 25.3 Å². The van der Waals surface area contributed by atoms with Crippen molar-refractivity contribution in [3.8, 4) is 0 Å². The lowest BCUT2D eigenvalue weighted by atomic mass is 9.90. The number of nitrogens with one attached hydrogen (secondary N) is 1. The van der Waals surface area contributed by atoms with Crippen LogP contribution < -0.4 is 5.32 Å². The van der Waals surface area contributed by atoms with E-state index in [2.05, 4.69) is 17.1 Å². The fourth-order valence-corrected chi connectivity index (χ4v) is 3.73. The van der Waals surface area contributed by atoms with Gasteiger partial charge >= 0.3 is 0 Å². The lowest BCUT2D eigenvalue weighted by molar-refractivity contribution is -0.118. The fraction of sp³-hybridized carbons (Fsp3) is 0.350. The summed E-state index contributed by atoms with van der Waals surface area (Å²) < 4.78 is 27.2. The summed E-state index contributed by atoms with van der Waals surface area (Å²) in [7, 11) is 0. The zero-order valence-electron chi connectivity index (χ0n) is 14.6. The van der Waals surface area contributed by atoms with Crippen LogP contribution in [-0.4, -0.2) is 29.4 Å². The average Bonchev–Trinajstić information content (AvgIpc) is 2.93. The maximum Gasteiger partial charge on any atom is 0.238 e. The predicted molar refractivity (Wildman–Crippen MR) is 99.4 cm³/mol. The molecule has 138 valence electrons. The Kier molecular flexibility index (Phi) is 5.58. The molecular formula is C20H21ClF2N2O.